The van der Waals surface area contributed by atoms with Crippen molar-refractivity contribution in [1.29, 1.82) is 0 Å². The summed E-state index contributed by atoms with van der Waals surface area (Å²) in [7, 11) is 3.72. The Balaban J connectivity index is 2.12. The highest BCUT2D eigenvalue weighted by Gasteiger charge is 2.34. The van der Waals surface area contributed by atoms with E-state index in [1.165, 1.54) is 6.42 Å². The van der Waals surface area contributed by atoms with Crippen molar-refractivity contribution >= 4 is 0 Å². The van der Waals surface area contributed by atoms with E-state index in [0.29, 0.717) is 0 Å². The Hall–Kier alpha value is -0.120. The van der Waals surface area contributed by atoms with E-state index in [2.05, 4.69) is 4.90 Å². The average molecular weight is 173 g/mol. The van der Waals surface area contributed by atoms with Crippen LogP contribution in [0.4, 0.5) is 0 Å². The van der Waals surface area contributed by atoms with Gasteiger partial charge in [0.15, 0.2) is 0 Å². The maximum Gasteiger partial charge on any atom is 0.0774 e. The molecule has 3 heteroatoms. The van der Waals surface area contributed by atoms with E-state index in [9.17, 15) is 5.11 Å². The largest absolute Gasteiger partial charge is 0.389 e. The first-order valence-electron chi connectivity index (χ1n) is 4.56. The quantitative estimate of drug-likeness (QED) is 0.656. The third-order valence-electron chi connectivity index (χ3n) is 2.53. The van der Waals surface area contributed by atoms with E-state index in [1.54, 1.807) is 7.11 Å². The van der Waals surface area contributed by atoms with E-state index in [4.69, 9.17) is 4.74 Å². The van der Waals surface area contributed by atoms with Crippen molar-refractivity contribution in [3.63, 3.8) is 0 Å². The van der Waals surface area contributed by atoms with Crippen molar-refractivity contribution in [3.8, 4) is 0 Å². The van der Waals surface area contributed by atoms with Gasteiger partial charge in [-0.15, -0.1) is 0 Å². The van der Waals surface area contributed by atoms with Gasteiger partial charge >= 0.3 is 0 Å². The molecule has 72 valence electrons. The highest BCUT2D eigenvalue weighted by molar-refractivity contribution is 4.89. The summed E-state index contributed by atoms with van der Waals surface area (Å²) in [5, 5.41) is 9.80. The number of hydrogen-bond donors (Lipinski definition) is 1. The van der Waals surface area contributed by atoms with Gasteiger partial charge in [-0.2, -0.15) is 0 Å². The van der Waals surface area contributed by atoms with Crippen LogP contribution in [-0.2, 0) is 4.74 Å². The Morgan fingerprint density at radius 1 is 1.50 bits per heavy atom. The number of hydrogen-bond acceptors (Lipinski definition) is 3. The topological polar surface area (TPSA) is 32.7 Å². The molecule has 12 heavy (non-hydrogen) atoms. The summed E-state index contributed by atoms with van der Waals surface area (Å²) in [4.78, 5) is 2.13. The zero-order valence-corrected chi connectivity index (χ0v) is 8.05. The SMILES string of the molecule is COCCN(C)CC1(O)CCC1. The molecule has 0 amide bonds. The normalized spacial score (nSPS) is 21.0. The van der Waals surface area contributed by atoms with Gasteiger partial charge in [-0.1, -0.05) is 0 Å². The number of likely N-dealkylation sites (N-methyl/N-ethyl adjacent to an activating group) is 1. The smallest absolute Gasteiger partial charge is 0.0774 e. The Kier molecular flexibility index (Phi) is 3.50. The highest BCUT2D eigenvalue weighted by Crippen LogP contribution is 2.31. The summed E-state index contributed by atoms with van der Waals surface area (Å²) in [5.41, 5.74) is -0.386. The van der Waals surface area contributed by atoms with Crippen LogP contribution in [0.3, 0.4) is 0 Å². The second-order valence-electron chi connectivity index (χ2n) is 3.81. The van der Waals surface area contributed by atoms with Crippen LogP contribution in [0.1, 0.15) is 19.3 Å². The molecule has 1 aliphatic rings. The molecule has 0 aromatic rings. The Morgan fingerprint density at radius 2 is 2.17 bits per heavy atom. The lowest BCUT2D eigenvalue weighted by Crippen LogP contribution is -2.47. The molecule has 1 fully saturated rings. The van der Waals surface area contributed by atoms with Crippen LogP contribution < -0.4 is 0 Å². The number of aliphatic hydroxyl groups is 1. The molecule has 0 aromatic carbocycles. The predicted molar refractivity (Wildman–Crippen MR) is 48.2 cm³/mol. The van der Waals surface area contributed by atoms with Crippen LogP contribution >= 0.6 is 0 Å². The Labute approximate surface area is 74.3 Å². The van der Waals surface area contributed by atoms with Gasteiger partial charge in [0.25, 0.3) is 0 Å². The molecule has 0 aromatic heterocycles. The summed E-state index contributed by atoms with van der Waals surface area (Å²) in [5.74, 6) is 0. The van der Waals surface area contributed by atoms with Crippen molar-refractivity contribution < 1.29 is 9.84 Å². The molecular formula is C9H19NO2. The van der Waals surface area contributed by atoms with E-state index in [0.717, 1.165) is 32.5 Å². The first-order chi connectivity index (χ1) is 5.66. The summed E-state index contributed by atoms with van der Waals surface area (Å²) >= 11 is 0. The molecule has 0 saturated heterocycles. The molecule has 1 saturated carbocycles. The van der Waals surface area contributed by atoms with Gasteiger partial charge < -0.3 is 14.7 Å². The molecular weight excluding hydrogens is 154 g/mol. The minimum Gasteiger partial charge on any atom is -0.389 e. The van der Waals surface area contributed by atoms with Crippen molar-refractivity contribution in [2.45, 2.75) is 24.9 Å². The first kappa shape index (κ1) is 9.96. The van der Waals surface area contributed by atoms with Crippen LogP contribution in [0.15, 0.2) is 0 Å². The van der Waals surface area contributed by atoms with Crippen LogP contribution in [-0.4, -0.2) is 49.5 Å². The summed E-state index contributed by atoms with van der Waals surface area (Å²) < 4.78 is 4.96. The zero-order valence-electron chi connectivity index (χ0n) is 8.05. The van der Waals surface area contributed by atoms with E-state index >= 15 is 0 Å². The minimum absolute atomic E-state index is 0.386. The number of rotatable bonds is 5. The van der Waals surface area contributed by atoms with Crippen molar-refractivity contribution in [1.82, 2.24) is 4.90 Å². The van der Waals surface area contributed by atoms with Crippen LogP contribution in [0.25, 0.3) is 0 Å². The van der Waals surface area contributed by atoms with Crippen molar-refractivity contribution in [2.24, 2.45) is 0 Å². The average Bonchev–Trinajstić information content (AvgIpc) is 1.98. The molecule has 3 nitrogen and oxygen atoms in total. The molecule has 0 radical (unpaired) electrons. The van der Waals surface area contributed by atoms with Crippen LogP contribution in [0, 0.1) is 0 Å². The number of nitrogens with zero attached hydrogens (tertiary/aromatic N) is 1. The summed E-state index contributed by atoms with van der Waals surface area (Å²) in [6, 6.07) is 0. The molecule has 0 atom stereocenters. The lowest BCUT2D eigenvalue weighted by molar-refractivity contribution is -0.0564. The lowest BCUT2D eigenvalue weighted by Gasteiger charge is -2.39. The zero-order chi connectivity index (χ0) is 9.03. The second-order valence-corrected chi connectivity index (χ2v) is 3.81. The van der Waals surface area contributed by atoms with Crippen molar-refractivity contribution in [2.75, 3.05) is 33.9 Å². The van der Waals surface area contributed by atoms with E-state index in [-0.39, 0.29) is 5.60 Å². The Morgan fingerprint density at radius 3 is 2.58 bits per heavy atom. The second kappa shape index (κ2) is 4.21. The fraction of sp³-hybridized carbons (Fsp3) is 1.00. The third-order valence-corrected chi connectivity index (χ3v) is 2.53. The highest BCUT2D eigenvalue weighted by atomic mass is 16.5. The van der Waals surface area contributed by atoms with Crippen LogP contribution in [0.2, 0.25) is 0 Å². The molecule has 0 spiro atoms. The molecule has 0 unspecified atom stereocenters. The van der Waals surface area contributed by atoms with Crippen molar-refractivity contribution in [3.05, 3.63) is 0 Å². The molecule has 0 heterocycles. The maximum absolute atomic E-state index is 9.80. The van der Waals surface area contributed by atoms with Gasteiger partial charge in [0.1, 0.15) is 0 Å². The van der Waals surface area contributed by atoms with E-state index in [1.807, 2.05) is 7.05 Å². The minimum atomic E-state index is -0.386. The Bertz CT molecular complexity index is 134. The summed E-state index contributed by atoms with van der Waals surface area (Å²) in [6.45, 7) is 2.43. The molecule has 0 bridgehead atoms. The first-order valence-corrected chi connectivity index (χ1v) is 4.56. The van der Waals surface area contributed by atoms with Gasteiger partial charge in [-0.25, -0.2) is 0 Å². The van der Waals surface area contributed by atoms with Gasteiger partial charge in [0.2, 0.25) is 0 Å². The third kappa shape index (κ3) is 2.73. The molecule has 1 aliphatic carbocycles. The number of ether oxygens (including phenoxy) is 1. The predicted octanol–water partition coefficient (Wildman–Crippen LogP) is 0.480. The maximum atomic E-state index is 9.80. The molecule has 1 rings (SSSR count). The summed E-state index contributed by atoms with van der Waals surface area (Å²) in [6.07, 6.45) is 3.10. The fourth-order valence-electron chi connectivity index (χ4n) is 1.57. The lowest BCUT2D eigenvalue weighted by atomic mass is 9.80. The van der Waals surface area contributed by atoms with Gasteiger partial charge in [0.05, 0.1) is 12.2 Å². The van der Waals surface area contributed by atoms with Crippen LogP contribution in [0.5, 0.6) is 0 Å². The standard InChI is InChI=1S/C9H19NO2/c1-10(6-7-12-2)8-9(11)4-3-5-9/h11H,3-8H2,1-2H3. The molecule has 1 N–H and O–H groups in total. The van der Waals surface area contributed by atoms with E-state index < -0.39 is 0 Å². The van der Waals surface area contributed by atoms with Gasteiger partial charge in [0, 0.05) is 20.2 Å². The fourth-order valence-corrected chi connectivity index (χ4v) is 1.57. The van der Waals surface area contributed by atoms with Gasteiger partial charge in [-0.3, -0.25) is 0 Å². The monoisotopic (exact) mass is 173 g/mol. The molecule has 0 aliphatic heterocycles. The van der Waals surface area contributed by atoms with Gasteiger partial charge in [-0.05, 0) is 26.3 Å². The number of methoxy groups -OCH3 is 1.